The van der Waals surface area contributed by atoms with Gasteiger partial charge in [0.15, 0.2) is 11.6 Å². The third-order valence-electron chi connectivity index (χ3n) is 3.31. The van der Waals surface area contributed by atoms with Crippen molar-refractivity contribution in [1.82, 2.24) is 0 Å². The molecule has 2 N–H and O–H groups in total. The Labute approximate surface area is 106 Å². The molecule has 0 spiro atoms. The van der Waals surface area contributed by atoms with E-state index in [1.54, 1.807) is 0 Å². The van der Waals surface area contributed by atoms with E-state index in [0.717, 1.165) is 11.3 Å². The molecule has 18 heavy (non-hydrogen) atoms. The zero-order valence-corrected chi connectivity index (χ0v) is 10.5. The maximum absolute atomic E-state index is 13.4. The highest BCUT2D eigenvalue weighted by Gasteiger charge is 2.20. The Kier molecular flexibility index (Phi) is 4.14. The molecule has 100 valence electrons. The van der Waals surface area contributed by atoms with E-state index in [0.29, 0.717) is 32.8 Å². The summed E-state index contributed by atoms with van der Waals surface area (Å²) in [6.07, 6.45) is 0. The number of hydrogen-bond donors (Lipinski definition) is 1. The molecular formula is C13H18F2N2O. The van der Waals surface area contributed by atoms with Gasteiger partial charge < -0.3 is 15.4 Å². The van der Waals surface area contributed by atoms with Crippen molar-refractivity contribution in [1.29, 1.82) is 0 Å². The topological polar surface area (TPSA) is 38.5 Å². The van der Waals surface area contributed by atoms with Crippen molar-refractivity contribution < 1.29 is 13.5 Å². The molecular weight excluding hydrogens is 238 g/mol. The van der Waals surface area contributed by atoms with E-state index >= 15 is 0 Å². The van der Waals surface area contributed by atoms with Crippen molar-refractivity contribution in [2.24, 2.45) is 5.73 Å². The molecule has 1 unspecified atom stereocenters. The Hall–Kier alpha value is -1.20. The zero-order valence-electron chi connectivity index (χ0n) is 10.5. The fraction of sp³-hybridized carbons (Fsp3) is 0.538. The van der Waals surface area contributed by atoms with Gasteiger partial charge >= 0.3 is 0 Å². The molecule has 1 heterocycles. The molecule has 2 rings (SSSR count). The highest BCUT2D eigenvalue weighted by Crippen LogP contribution is 2.30. The lowest BCUT2D eigenvalue weighted by Gasteiger charge is -2.31. The van der Waals surface area contributed by atoms with E-state index < -0.39 is 11.6 Å². The van der Waals surface area contributed by atoms with Crippen LogP contribution in [0.5, 0.6) is 0 Å². The predicted molar refractivity (Wildman–Crippen MR) is 66.9 cm³/mol. The summed E-state index contributed by atoms with van der Waals surface area (Å²) in [6, 6.07) is 2.53. The molecule has 1 aromatic carbocycles. The molecule has 0 saturated carbocycles. The zero-order chi connectivity index (χ0) is 13.1. The first-order valence-electron chi connectivity index (χ1n) is 6.15. The molecule has 1 aliphatic heterocycles. The van der Waals surface area contributed by atoms with Gasteiger partial charge in [-0.1, -0.05) is 6.92 Å². The van der Waals surface area contributed by atoms with Gasteiger partial charge in [0.2, 0.25) is 0 Å². The average Bonchev–Trinajstić information content (AvgIpc) is 2.41. The first-order chi connectivity index (χ1) is 8.63. The summed E-state index contributed by atoms with van der Waals surface area (Å²) < 4.78 is 32.0. The second-order valence-electron chi connectivity index (χ2n) is 4.56. The van der Waals surface area contributed by atoms with Gasteiger partial charge in [0.25, 0.3) is 0 Å². The Morgan fingerprint density at radius 2 is 1.89 bits per heavy atom. The van der Waals surface area contributed by atoms with E-state index in [9.17, 15) is 8.78 Å². The molecule has 0 aliphatic carbocycles. The maximum atomic E-state index is 13.4. The van der Waals surface area contributed by atoms with Crippen LogP contribution in [-0.4, -0.2) is 32.8 Å². The van der Waals surface area contributed by atoms with E-state index in [1.807, 2.05) is 11.8 Å². The van der Waals surface area contributed by atoms with Crippen molar-refractivity contribution in [3.8, 4) is 0 Å². The quantitative estimate of drug-likeness (QED) is 0.897. The van der Waals surface area contributed by atoms with Crippen LogP contribution in [0.4, 0.5) is 14.5 Å². The highest BCUT2D eigenvalue weighted by molar-refractivity contribution is 5.56. The Balaban J connectivity index is 2.39. The second kappa shape index (κ2) is 5.63. The lowest BCUT2D eigenvalue weighted by molar-refractivity contribution is 0.122. The minimum atomic E-state index is -0.817. The van der Waals surface area contributed by atoms with Gasteiger partial charge in [-0.25, -0.2) is 8.78 Å². The van der Waals surface area contributed by atoms with Gasteiger partial charge in [0.1, 0.15) is 0 Å². The number of anilines is 1. The van der Waals surface area contributed by atoms with Crippen LogP contribution < -0.4 is 10.6 Å². The van der Waals surface area contributed by atoms with Crippen LogP contribution in [0.1, 0.15) is 18.4 Å². The van der Waals surface area contributed by atoms with Crippen molar-refractivity contribution >= 4 is 5.69 Å². The molecule has 3 nitrogen and oxygen atoms in total. The van der Waals surface area contributed by atoms with Crippen molar-refractivity contribution in [2.45, 2.75) is 12.8 Å². The summed E-state index contributed by atoms with van der Waals surface area (Å²) in [5, 5.41) is 0. The summed E-state index contributed by atoms with van der Waals surface area (Å²) in [7, 11) is 0. The maximum Gasteiger partial charge on any atom is 0.160 e. The minimum Gasteiger partial charge on any atom is -0.378 e. The summed E-state index contributed by atoms with van der Waals surface area (Å²) in [4.78, 5) is 2.02. The van der Waals surface area contributed by atoms with E-state index in [4.69, 9.17) is 10.5 Å². The number of hydrogen-bond acceptors (Lipinski definition) is 3. The van der Waals surface area contributed by atoms with Crippen LogP contribution in [-0.2, 0) is 4.74 Å². The molecule has 5 heteroatoms. The number of ether oxygens (including phenoxy) is 1. The first kappa shape index (κ1) is 13.2. The molecule has 0 bridgehead atoms. The number of nitrogens with two attached hydrogens (primary N) is 1. The smallest absolute Gasteiger partial charge is 0.160 e. The van der Waals surface area contributed by atoms with Crippen molar-refractivity contribution in [3.63, 3.8) is 0 Å². The SMILES string of the molecule is CC(CN)c1cc(F)c(F)cc1N1CCOCC1. The molecule has 1 aromatic rings. The number of nitrogens with zero attached hydrogens (tertiary/aromatic N) is 1. The van der Waals surface area contributed by atoms with Gasteiger partial charge in [-0.15, -0.1) is 0 Å². The first-order valence-corrected chi connectivity index (χ1v) is 6.15. The molecule has 1 atom stereocenters. The number of halogens is 2. The summed E-state index contributed by atoms with van der Waals surface area (Å²) >= 11 is 0. The van der Waals surface area contributed by atoms with E-state index in [1.165, 1.54) is 12.1 Å². The number of benzene rings is 1. The number of rotatable bonds is 3. The third-order valence-corrected chi connectivity index (χ3v) is 3.31. The molecule has 1 fully saturated rings. The second-order valence-corrected chi connectivity index (χ2v) is 4.56. The van der Waals surface area contributed by atoms with Crippen molar-refractivity contribution in [3.05, 3.63) is 29.3 Å². The molecule has 0 radical (unpaired) electrons. The standard InChI is InChI=1S/C13H18F2N2O/c1-9(8-16)10-6-11(14)12(15)7-13(10)17-2-4-18-5-3-17/h6-7,9H,2-5,8,16H2,1H3. The van der Waals surface area contributed by atoms with Gasteiger partial charge in [-0.05, 0) is 24.1 Å². The Morgan fingerprint density at radius 3 is 2.50 bits per heavy atom. The van der Waals surface area contributed by atoms with E-state index in [2.05, 4.69) is 0 Å². The summed E-state index contributed by atoms with van der Waals surface area (Å²) in [5.41, 5.74) is 7.13. The van der Waals surface area contributed by atoms with Gasteiger partial charge in [0, 0.05) is 24.8 Å². The fourth-order valence-corrected chi connectivity index (χ4v) is 2.15. The van der Waals surface area contributed by atoms with Crippen LogP contribution in [0.2, 0.25) is 0 Å². The fourth-order valence-electron chi connectivity index (χ4n) is 2.15. The minimum absolute atomic E-state index is 0.00190. The van der Waals surface area contributed by atoms with Gasteiger partial charge in [-0.2, -0.15) is 0 Å². The van der Waals surface area contributed by atoms with Gasteiger partial charge in [-0.3, -0.25) is 0 Å². The summed E-state index contributed by atoms with van der Waals surface area (Å²) in [5.74, 6) is -1.63. The van der Waals surface area contributed by atoms with Crippen LogP contribution in [0.15, 0.2) is 12.1 Å². The van der Waals surface area contributed by atoms with Crippen LogP contribution >= 0.6 is 0 Å². The normalized spacial score (nSPS) is 17.9. The Bertz CT molecular complexity index is 420. The molecule has 0 aromatic heterocycles. The van der Waals surface area contributed by atoms with Crippen LogP contribution in [0.3, 0.4) is 0 Å². The lowest BCUT2D eigenvalue weighted by atomic mass is 9.98. The van der Waals surface area contributed by atoms with Gasteiger partial charge in [0.05, 0.1) is 13.2 Å². The lowest BCUT2D eigenvalue weighted by Crippen LogP contribution is -2.37. The molecule has 0 amide bonds. The molecule has 1 aliphatic rings. The van der Waals surface area contributed by atoms with Crippen LogP contribution in [0, 0.1) is 11.6 Å². The van der Waals surface area contributed by atoms with E-state index in [-0.39, 0.29) is 5.92 Å². The van der Waals surface area contributed by atoms with Crippen LogP contribution in [0.25, 0.3) is 0 Å². The van der Waals surface area contributed by atoms with Crippen molar-refractivity contribution in [2.75, 3.05) is 37.7 Å². The number of morpholine rings is 1. The Morgan fingerprint density at radius 1 is 1.28 bits per heavy atom. The molecule has 1 saturated heterocycles. The monoisotopic (exact) mass is 256 g/mol. The summed E-state index contributed by atoms with van der Waals surface area (Å²) in [6.45, 7) is 4.91. The highest BCUT2D eigenvalue weighted by atomic mass is 19.2. The largest absolute Gasteiger partial charge is 0.378 e. The predicted octanol–water partition coefficient (Wildman–Crippen LogP) is 1.86. The third kappa shape index (κ3) is 2.62. The average molecular weight is 256 g/mol.